The molecule has 34 heavy (non-hydrogen) atoms. The number of unbranched alkanes of at least 4 members (excludes halogenated alkanes) is 14. The van der Waals surface area contributed by atoms with Gasteiger partial charge in [0.25, 0.3) is 0 Å². The van der Waals surface area contributed by atoms with Crippen molar-refractivity contribution in [2.24, 2.45) is 11.8 Å². The standard InChI is InChI=1S/C30H59NO3/c1-5-8-10-11-12-13-14-15-16-17-18-19-20-22-24-31(25-29(33)26-32)30(34)27(4)28(7-3)23-21-9-6-2/h22,24,27-29,32-33H,5-21,23,25-26H2,1-4H3. The Kier molecular flexibility index (Phi) is 23.2. The smallest absolute Gasteiger partial charge is 0.229 e. The second-order valence-corrected chi connectivity index (χ2v) is 10.3. The highest BCUT2D eigenvalue weighted by molar-refractivity contribution is 5.79. The van der Waals surface area contributed by atoms with E-state index >= 15 is 0 Å². The molecule has 0 aliphatic rings. The summed E-state index contributed by atoms with van der Waals surface area (Å²) in [6.07, 6.45) is 25.7. The van der Waals surface area contributed by atoms with Gasteiger partial charge in [0.05, 0.1) is 19.3 Å². The molecule has 0 spiro atoms. The van der Waals surface area contributed by atoms with Crippen LogP contribution in [0.5, 0.6) is 0 Å². The zero-order chi connectivity index (χ0) is 25.4. The molecule has 3 unspecified atom stereocenters. The van der Waals surface area contributed by atoms with E-state index in [4.69, 9.17) is 0 Å². The summed E-state index contributed by atoms with van der Waals surface area (Å²) in [7, 11) is 0. The van der Waals surface area contributed by atoms with Gasteiger partial charge in [-0.2, -0.15) is 0 Å². The second-order valence-electron chi connectivity index (χ2n) is 10.3. The summed E-state index contributed by atoms with van der Waals surface area (Å²) < 4.78 is 0. The third-order valence-electron chi connectivity index (χ3n) is 7.21. The van der Waals surface area contributed by atoms with Gasteiger partial charge in [0.1, 0.15) is 0 Å². The van der Waals surface area contributed by atoms with Crippen LogP contribution in [0.1, 0.15) is 143 Å². The summed E-state index contributed by atoms with van der Waals surface area (Å²) in [5.74, 6) is 0.378. The van der Waals surface area contributed by atoms with Crippen molar-refractivity contribution in [2.45, 2.75) is 149 Å². The van der Waals surface area contributed by atoms with E-state index in [0.29, 0.717) is 5.92 Å². The Morgan fingerprint density at radius 1 is 0.794 bits per heavy atom. The van der Waals surface area contributed by atoms with Crippen LogP contribution < -0.4 is 0 Å². The number of hydrogen-bond donors (Lipinski definition) is 2. The molecule has 0 aromatic heterocycles. The fourth-order valence-corrected chi connectivity index (χ4v) is 4.74. The Bertz CT molecular complexity index is 480. The summed E-state index contributed by atoms with van der Waals surface area (Å²) in [6.45, 7) is 8.51. The highest BCUT2D eigenvalue weighted by atomic mass is 16.3. The molecule has 202 valence electrons. The summed E-state index contributed by atoms with van der Waals surface area (Å²) in [6, 6.07) is 0. The number of allylic oxidation sites excluding steroid dienone is 1. The molecule has 4 heteroatoms. The van der Waals surface area contributed by atoms with Crippen molar-refractivity contribution in [3.8, 4) is 0 Å². The molecule has 0 rings (SSSR count). The van der Waals surface area contributed by atoms with Crippen molar-refractivity contribution in [3.05, 3.63) is 12.3 Å². The minimum Gasteiger partial charge on any atom is -0.394 e. The Balaban J connectivity index is 4.28. The van der Waals surface area contributed by atoms with Crippen LogP contribution in [0.3, 0.4) is 0 Å². The van der Waals surface area contributed by atoms with E-state index < -0.39 is 6.10 Å². The molecule has 0 saturated carbocycles. The van der Waals surface area contributed by atoms with Crippen molar-refractivity contribution in [1.29, 1.82) is 0 Å². The lowest BCUT2D eigenvalue weighted by atomic mass is 9.86. The maximum absolute atomic E-state index is 13.2. The van der Waals surface area contributed by atoms with Crippen molar-refractivity contribution >= 4 is 5.91 Å². The number of nitrogens with zero attached hydrogens (tertiary/aromatic N) is 1. The maximum Gasteiger partial charge on any atom is 0.229 e. The number of aliphatic hydroxyl groups is 2. The fourth-order valence-electron chi connectivity index (χ4n) is 4.74. The van der Waals surface area contributed by atoms with Crippen molar-refractivity contribution in [1.82, 2.24) is 4.90 Å². The number of rotatable bonds is 24. The molecule has 0 aromatic rings. The molecule has 0 aliphatic carbocycles. The van der Waals surface area contributed by atoms with Crippen LogP contribution in [0, 0.1) is 11.8 Å². The van der Waals surface area contributed by atoms with Crippen molar-refractivity contribution in [3.63, 3.8) is 0 Å². The Morgan fingerprint density at radius 2 is 1.29 bits per heavy atom. The third-order valence-corrected chi connectivity index (χ3v) is 7.21. The van der Waals surface area contributed by atoms with Gasteiger partial charge in [0, 0.05) is 12.1 Å². The molecule has 1 amide bonds. The minimum absolute atomic E-state index is 0.0657. The van der Waals surface area contributed by atoms with Gasteiger partial charge in [0.15, 0.2) is 0 Å². The highest BCUT2D eigenvalue weighted by Gasteiger charge is 2.26. The normalized spacial score (nSPS) is 14.4. The first-order valence-corrected chi connectivity index (χ1v) is 14.8. The zero-order valence-electron chi connectivity index (χ0n) is 23.3. The lowest BCUT2D eigenvalue weighted by Gasteiger charge is -2.28. The molecule has 0 aliphatic heterocycles. The van der Waals surface area contributed by atoms with Crippen LogP contribution in [0.15, 0.2) is 12.3 Å². The number of hydrogen-bond acceptors (Lipinski definition) is 3. The predicted molar refractivity (Wildman–Crippen MR) is 147 cm³/mol. The zero-order valence-corrected chi connectivity index (χ0v) is 23.3. The highest BCUT2D eigenvalue weighted by Crippen LogP contribution is 2.25. The molecule has 0 saturated heterocycles. The first-order chi connectivity index (χ1) is 16.5. The van der Waals surface area contributed by atoms with Crippen molar-refractivity contribution < 1.29 is 15.0 Å². The van der Waals surface area contributed by atoms with E-state index in [1.54, 1.807) is 4.90 Å². The minimum atomic E-state index is -0.896. The van der Waals surface area contributed by atoms with Gasteiger partial charge >= 0.3 is 0 Å². The Labute approximate surface area is 212 Å². The molecule has 0 radical (unpaired) electrons. The van der Waals surface area contributed by atoms with E-state index in [-0.39, 0.29) is 25.0 Å². The monoisotopic (exact) mass is 481 g/mol. The average Bonchev–Trinajstić information content (AvgIpc) is 2.85. The Hall–Kier alpha value is -0.870. The number of amides is 1. The molecular formula is C30H59NO3. The van der Waals surface area contributed by atoms with Gasteiger partial charge in [-0.25, -0.2) is 0 Å². The van der Waals surface area contributed by atoms with Gasteiger partial charge in [0.2, 0.25) is 5.91 Å². The molecule has 2 N–H and O–H groups in total. The van der Waals surface area contributed by atoms with E-state index in [9.17, 15) is 15.0 Å². The summed E-state index contributed by atoms with van der Waals surface area (Å²) in [4.78, 5) is 14.8. The van der Waals surface area contributed by atoms with Gasteiger partial charge in [-0.15, -0.1) is 0 Å². The largest absolute Gasteiger partial charge is 0.394 e. The van der Waals surface area contributed by atoms with Gasteiger partial charge < -0.3 is 15.1 Å². The summed E-state index contributed by atoms with van der Waals surface area (Å²) in [5.41, 5.74) is 0. The van der Waals surface area contributed by atoms with E-state index in [2.05, 4.69) is 26.8 Å². The lowest BCUT2D eigenvalue weighted by molar-refractivity contribution is -0.135. The number of carbonyl (C=O) groups is 1. The summed E-state index contributed by atoms with van der Waals surface area (Å²) >= 11 is 0. The van der Waals surface area contributed by atoms with Gasteiger partial charge in [-0.1, -0.05) is 130 Å². The van der Waals surface area contributed by atoms with Crippen LogP contribution in [-0.4, -0.2) is 40.3 Å². The van der Waals surface area contributed by atoms with Crippen molar-refractivity contribution in [2.75, 3.05) is 13.2 Å². The molecule has 0 bridgehead atoms. The Morgan fingerprint density at radius 3 is 1.79 bits per heavy atom. The quantitative estimate of drug-likeness (QED) is 0.137. The van der Waals surface area contributed by atoms with Gasteiger partial charge in [-0.3, -0.25) is 4.79 Å². The predicted octanol–water partition coefficient (Wildman–Crippen LogP) is 8.02. The second kappa shape index (κ2) is 23.9. The lowest BCUT2D eigenvalue weighted by Crippen LogP contribution is -2.40. The van der Waals surface area contributed by atoms with E-state index in [1.807, 2.05) is 13.1 Å². The first-order valence-electron chi connectivity index (χ1n) is 14.8. The molecular weight excluding hydrogens is 422 g/mol. The topological polar surface area (TPSA) is 60.8 Å². The van der Waals surface area contributed by atoms with E-state index in [0.717, 1.165) is 25.7 Å². The molecule has 0 fully saturated rings. The maximum atomic E-state index is 13.2. The summed E-state index contributed by atoms with van der Waals surface area (Å²) in [5, 5.41) is 19.3. The molecule has 3 atom stereocenters. The third kappa shape index (κ3) is 17.5. The molecule has 4 nitrogen and oxygen atoms in total. The van der Waals surface area contributed by atoms with Crippen LogP contribution in [0.4, 0.5) is 0 Å². The number of aliphatic hydroxyl groups excluding tert-OH is 2. The molecule has 0 aromatic carbocycles. The van der Waals surface area contributed by atoms with Crippen LogP contribution in [0.2, 0.25) is 0 Å². The van der Waals surface area contributed by atoms with Gasteiger partial charge in [-0.05, 0) is 25.2 Å². The van der Waals surface area contributed by atoms with Crippen LogP contribution in [-0.2, 0) is 4.79 Å². The van der Waals surface area contributed by atoms with Crippen LogP contribution in [0.25, 0.3) is 0 Å². The fraction of sp³-hybridized carbons (Fsp3) is 0.900. The first kappa shape index (κ1) is 33.1. The SMILES string of the molecule is CCCCCCCCCCCCCCC=CN(CC(O)CO)C(=O)C(C)C(CC)CCCCC. The van der Waals surface area contributed by atoms with E-state index in [1.165, 1.54) is 89.9 Å². The average molecular weight is 482 g/mol. The number of carbonyl (C=O) groups excluding carboxylic acids is 1. The molecule has 0 heterocycles. The van der Waals surface area contributed by atoms with Crippen LogP contribution >= 0.6 is 0 Å².